The van der Waals surface area contributed by atoms with Gasteiger partial charge in [0.05, 0.1) is 18.4 Å². The van der Waals surface area contributed by atoms with E-state index in [9.17, 15) is 9.59 Å². The molecule has 7 heteroatoms. The van der Waals surface area contributed by atoms with Crippen LogP contribution in [0.1, 0.15) is 22.8 Å². The summed E-state index contributed by atoms with van der Waals surface area (Å²) in [6.45, 7) is 2.22. The lowest BCUT2D eigenvalue weighted by atomic mass is 10.2. The Hall–Kier alpha value is -3.35. The summed E-state index contributed by atoms with van der Waals surface area (Å²) in [5.41, 5.74) is 8.10. The highest BCUT2D eigenvalue weighted by molar-refractivity contribution is 5.91. The van der Waals surface area contributed by atoms with E-state index in [1.807, 2.05) is 13.0 Å². The lowest BCUT2D eigenvalue weighted by Gasteiger charge is -2.11. The molecular weight excluding hydrogens is 310 g/mol. The first kappa shape index (κ1) is 17.0. The van der Waals surface area contributed by atoms with E-state index in [0.717, 1.165) is 0 Å². The Bertz CT molecular complexity index is 745. The highest BCUT2D eigenvalue weighted by atomic mass is 16.6. The van der Waals surface area contributed by atoms with Gasteiger partial charge in [0, 0.05) is 0 Å². The van der Waals surface area contributed by atoms with Crippen LogP contribution in [-0.4, -0.2) is 24.8 Å². The molecule has 2 aromatic rings. The molecule has 0 aliphatic carbocycles. The number of esters is 1. The third-order valence-electron chi connectivity index (χ3n) is 2.87. The molecule has 0 unspecified atom stereocenters. The second-order valence-electron chi connectivity index (χ2n) is 4.63. The molecule has 2 amide bonds. The Labute approximate surface area is 139 Å². The van der Waals surface area contributed by atoms with Gasteiger partial charge in [-0.15, -0.1) is 0 Å². The van der Waals surface area contributed by atoms with Crippen molar-refractivity contribution in [1.82, 2.24) is 5.43 Å². The number of carbonyl (C=O) groups is 2. The molecule has 0 aliphatic rings. The fourth-order valence-electron chi connectivity index (χ4n) is 1.86. The molecule has 0 saturated heterocycles. The van der Waals surface area contributed by atoms with Crippen molar-refractivity contribution in [2.24, 2.45) is 10.8 Å². The van der Waals surface area contributed by atoms with Crippen molar-refractivity contribution in [3.63, 3.8) is 0 Å². The van der Waals surface area contributed by atoms with Crippen molar-refractivity contribution in [2.75, 3.05) is 6.61 Å². The number of ether oxygens (including phenoxy) is 2. The summed E-state index contributed by atoms with van der Waals surface area (Å²) in [4.78, 5) is 22.7. The van der Waals surface area contributed by atoms with Gasteiger partial charge in [0.1, 0.15) is 0 Å². The van der Waals surface area contributed by atoms with Gasteiger partial charge in [0.2, 0.25) is 0 Å². The zero-order valence-electron chi connectivity index (χ0n) is 13.1. The molecule has 0 heterocycles. The summed E-state index contributed by atoms with van der Waals surface area (Å²) in [5, 5.41) is 3.67. The van der Waals surface area contributed by atoms with E-state index < -0.39 is 12.0 Å². The normalized spacial score (nSPS) is 10.4. The van der Waals surface area contributed by atoms with Crippen LogP contribution in [-0.2, 0) is 0 Å². The van der Waals surface area contributed by atoms with E-state index in [4.69, 9.17) is 15.2 Å². The van der Waals surface area contributed by atoms with Gasteiger partial charge in [-0.2, -0.15) is 5.10 Å². The zero-order chi connectivity index (χ0) is 17.4. The minimum absolute atomic E-state index is 0.297. The van der Waals surface area contributed by atoms with Crippen molar-refractivity contribution >= 4 is 18.2 Å². The van der Waals surface area contributed by atoms with E-state index in [2.05, 4.69) is 10.5 Å². The Morgan fingerprint density at radius 1 is 1.17 bits per heavy atom. The van der Waals surface area contributed by atoms with Crippen molar-refractivity contribution in [1.29, 1.82) is 0 Å². The first-order chi connectivity index (χ1) is 11.6. The van der Waals surface area contributed by atoms with Crippen molar-refractivity contribution in [3.8, 4) is 11.5 Å². The van der Waals surface area contributed by atoms with Gasteiger partial charge in [-0.3, -0.25) is 0 Å². The molecule has 0 spiro atoms. The molecule has 24 heavy (non-hydrogen) atoms. The van der Waals surface area contributed by atoms with Crippen LogP contribution in [0.2, 0.25) is 0 Å². The summed E-state index contributed by atoms with van der Waals surface area (Å²) in [6, 6.07) is 12.8. The number of urea groups is 1. The third kappa shape index (κ3) is 4.84. The standard InChI is InChI=1S/C17H17N3O4/c1-2-23-15-10-12(11-19-20-17(18)22)8-9-14(15)24-16(21)13-6-4-3-5-7-13/h3-11H,2H2,1H3,(H3,18,20,22). The number of hydrogen-bond donors (Lipinski definition) is 2. The fraction of sp³-hybridized carbons (Fsp3) is 0.118. The molecule has 0 fully saturated rings. The van der Waals surface area contributed by atoms with Crippen LogP contribution in [0, 0.1) is 0 Å². The minimum Gasteiger partial charge on any atom is -0.490 e. The molecule has 0 saturated carbocycles. The monoisotopic (exact) mass is 327 g/mol. The van der Waals surface area contributed by atoms with E-state index in [-0.39, 0.29) is 0 Å². The number of nitrogens with zero attached hydrogens (tertiary/aromatic N) is 1. The zero-order valence-corrected chi connectivity index (χ0v) is 13.1. The number of nitrogens with two attached hydrogens (primary N) is 1. The summed E-state index contributed by atoms with van der Waals surface area (Å²) >= 11 is 0. The number of nitrogens with one attached hydrogen (secondary N) is 1. The average Bonchev–Trinajstić information content (AvgIpc) is 2.57. The molecule has 0 aromatic heterocycles. The highest BCUT2D eigenvalue weighted by Gasteiger charge is 2.12. The lowest BCUT2D eigenvalue weighted by Crippen LogP contribution is -2.24. The largest absolute Gasteiger partial charge is 0.490 e. The number of hydrazone groups is 1. The minimum atomic E-state index is -0.760. The van der Waals surface area contributed by atoms with E-state index in [1.165, 1.54) is 6.21 Å². The quantitative estimate of drug-likeness (QED) is 0.368. The Morgan fingerprint density at radius 2 is 1.92 bits per heavy atom. The maximum Gasteiger partial charge on any atom is 0.343 e. The predicted octanol–water partition coefficient (Wildman–Crippen LogP) is 2.31. The number of amides is 2. The maximum atomic E-state index is 12.1. The molecule has 7 nitrogen and oxygen atoms in total. The summed E-state index contributed by atoms with van der Waals surface area (Å²) < 4.78 is 10.9. The van der Waals surface area contributed by atoms with Crippen LogP contribution >= 0.6 is 0 Å². The number of benzene rings is 2. The van der Waals surface area contributed by atoms with Crippen LogP contribution in [0.15, 0.2) is 53.6 Å². The van der Waals surface area contributed by atoms with Crippen LogP contribution < -0.4 is 20.6 Å². The topological polar surface area (TPSA) is 103 Å². The van der Waals surface area contributed by atoms with Gasteiger partial charge in [-0.1, -0.05) is 18.2 Å². The fourth-order valence-corrected chi connectivity index (χ4v) is 1.86. The summed E-state index contributed by atoms with van der Waals surface area (Å²) in [5.74, 6) is 0.212. The third-order valence-corrected chi connectivity index (χ3v) is 2.87. The van der Waals surface area contributed by atoms with Crippen LogP contribution in [0.5, 0.6) is 11.5 Å². The maximum absolute atomic E-state index is 12.1. The van der Waals surface area contributed by atoms with Crippen molar-refractivity contribution in [2.45, 2.75) is 6.92 Å². The molecule has 0 aliphatic heterocycles. The van der Waals surface area contributed by atoms with Gasteiger partial charge in [0.15, 0.2) is 11.5 Å². The van der Waals surface area contributed by atoms with E-state index in [0.29, 0.717) is 29.2 Å². The smallest absolute Gasteiger partial charge is 0.343 e. The molecule has 124 valence electrons. The first-order valence-electron chi connectivity index (χ1n) is 7.22. The number of primary amides is 1. The molecule has 0 radical (unpaired) electrons. The molecule has 2 rings (SSSR count). The predicted molar refractivity (Wildman–Crippen MR) is 89.3 cm³/mol. The van der Waals surface area contributed by atoms with Crippen LogP contribution in [0.3, 0.4) is 0 Å². The second kappa shape index (κ2) is 8.33. The van der Waals surface area contributed by atoms with E-state index in [1.54, 1.807) is 42.5 Å². The summed E-state index contributed by atoms with van der Waals surface area (Å²) in [6.07, 6.45) is 1.40. The molecular formula is C17H17N3O4. The van der Waals surface area contributed by atoms with Gasteiger partial charge in [0.25, 0.3) is 0 Å². The second-order valence-corrected chi connectivity index (χ2v) is 4.63. The molecule has 0 bridgehead atoms. The highest BCUT2D eigenvalue weighted by Crippen LogP contribution is 2.28. The van der Waals surface area contributed by atoms with Crippen molar-refractivity contribution in [3.05, 3.63) is 59.7 Å². The SMILES string of the molecule is CCOc1cc(C=NNC(N)=O)ccc1OC(=O)c1ccccc1. The Balaban J connectivity index is 2.18. The summed E-state index contributed by atoms with van der Waals surface area (Å²) in [7, 11) is 0. The number of rotatable bonds is 6. The van der Waals surface area contributed by atoms with Gasteiger partial charge < -0.3 is 15.2 Å². The van der Waals surface area contributed by atoms with Gasteiger partial charge in [-0.25, -0.2) is 15.0 Å². The van der Waals surface area contributed by atoms with Gasteiger partial charge >= 0.3 is 12.0 Å². The Morgan fingerprint density at radius 3 is 2.58 bits per heavy atom. The molecule has 2 aromatic carbocycles. The van der Waals surface area contributed by atoms with Gasteiger partial charge in [-0.05, 0) is 42.8 Å². The molecule has 3 N–H and O–H groups in total. The van der Waals surface area contributed by atoms with Crippen molar-refractivity contribution < 1.29 is 19.1 Å². The van der Waals surface area contributed by atoms with Crippen LogP contribution in [0.4, 0.5) is 4.79 Å². The first-order valence-corrected chi connectivity index (χ1v) is 7.22. The lowest BCUT2D eigenvalue weighted by molar-refractivity contribution is 0.0728. The number of hydrogen-bond acceptors (Lipinski definition) is 5. The average molecular weight is 327 g/mol. The van der Waals surface area contributed by atoms with Crippen LogP contribution in [0.25, 0.3) is 0 Å². The number of carbonyl (C=O) groups excluding carboxylic acids is 2. The Kier molecular flexibility index (Phi) is 5.90. The van der Waals surface area contributed by atoms with E-state index >= 15 is 0 Å². The molecule has 0 atom stereocenters.